The molecule has 1 aliphatic carbocycles. The van der Waals surface area contributed by atoms with Crippen LogP contribution in [0.3, 0.4) is 0 Å². The second-order valence-corrected chi connectivity index (χ2v) is 6.97. The summed E-state index contributed by atoms with van der Waals surface area (Å²) in [6, 6.07) is 15.0. The molecular formula is C21H18O7. The summed E-state index contributed by atoms with van der Waals surface area (Å²) in [5.74, 6) is -2.51. The Kier molecular flexibility index (Phi) is 4.38. The molecule has 2 aromatic carbocycles. The van der Waals surface area contributed by atoms with Crippen LogP contribution in [0.1, 0.15) is 32.7 Å². The lowest BCUT2D eigenvalue weighted by molar-refractivity contribution is -0.180. The number of Topliss-reactive ketones (excluding diaryl/α,β-unsaturated/α-hetero) is 2. The highest BCUT2D eigenvalue weighted by atomic mass is 16.6. The Morgan fingerprint density at radius 2 is 1.57 bits per heavy atom. The lowest BCUT2D eigenvalue weighted by Gasteiger charge is -2.45. The van der Waals surface area contributed by atoms with Gasteiger partial charge in [-0.15, -0.1) is 0 Å². The summed E-state index contributed by atoms with van der Waals surface area (Å²) in [5.41, 5.74) is -4.18. The zero-order valence-electron chi connectivity index (χ0n) is 14.8. The average molecular weight is 382 g/mol. The van der Waals surface area contributed by atoms with E-state index in [0.717, 1.165) is 5.56 Å². The zero-order valence-corrected chi connectivity index (χ0v) is 14.8. The number of ether oxygens (including phenoxy) is 2. The van der Waals surface area contributed by atoms with E-state index < -0.39 is 47.9 Å². The number of esters is 1. The topological polar surface area (TPSA) is 110 Å². The van der Waals surface area contributed by atoms with Gasteiger partial charge in [-0.3, -0.25) is 14.4 Å². The second kappa shape index (κ2) is 6.63. The van der Waals surface area contributed by atoms with Gasteiger partial charge in [0.1, 0.15) is 6.10 Å². The Hall–Kier alpha value is -2.87. The van der Waals surface area contributed by atoms with Crippen LogP contribution in [0, 0.1) is 0 Å². The van der Waals surface area contributed by atoms with E-state index in [2.05, 4.69) is 0 Å². The Morgan fingerprint density at radius 1 is 0.964 bits per heavy atom. The van der Waals surface area contributed by atoms with Crippen LogP contribution in [0.2, 0.25) is 0 Å². The molecule has 0 radical (unpaired) electrons. The Balaban J connectivity index is 1.74. The van der Waals surface area contributed by atoms with Crippen LogP contribution in [0.25, 0.3) is 0 Å². The van der Waals surface area contributed by atoms with Crippen molar-refractivity contribution in [3.8, 4) is 0 Å². The molecule has 7 nitrogen and oxygen atoms in total. The Labute approximate surface area is 160 Å². The molecule has 1 saturated heterocycles. The number of hydrogen-bond acceptors (Lipinski definition) is 7. The van der Waals surface area contributed by atoms with Crippen molar-refractivity contribution in [2.24, 2.45) is 0 Å². The van der Waals surface area contributed by atoms with Crippen LogP contribution in [0.15, 0.2) is 54.6 Å². The quantitative estimate of drug-likeness (QED) is 0.761. The molecule has 28 heavy (non-hydrogen) atoms. The van der Waals surface area contributed by atoms with Crippen LogP contribution in [-0.4, -0.2) is 51.7 Å². The summed E-state index contributed by atoms with van der Waals surface area (Å²) in [7, 11) is 0. The van der Waals surface area contributed by atoms with Crippen molar-refractivity contribution < 1.29 is 34.1 Å². The highest BCUT2D eigenvalue weighted by Gasteiger charge is 2.72. The minimum atomic E-state index is -2.54. The number of carbonyl (C=O) groups excluding carboxylic acids is 3. The maximum absolute atomic E-state index is 13.2. The summed E-state index contributed by atoms with van der Waals surface area (Å²) < 4.78 is 10.7. The number of benzene rings is 2. The van der Waals surface area contributed by atoms with E-state index in [-0.39, 0.29) is 17.7 Å². The van der Waals surface area contributed by atoms with Crippen LogP contribution < -0.4 is 0 Å². The normalized spacial score (nSPS) is 29.1. The predicted molar refractivity (Wildman–Crippen MR) is 95.6 cm³/mol. The average Bonchev–Trinajstić information content (AvgIpc) is 3.01. The third-order valence-electron chi connectivity index (χ3n) is 5.27. The molecule has 3 atom stereocenters. The standard InChI is InChI=1S/C21H18O7/c22-16-10-17(23)28-21(16)19(25)15-9-5-4-8-14(15)18(24)20(21,26)12-27-11-13-6-2-1-3-7-13/h1-9,16,22,26H,10-12H2/t16-,20-,21+/m1/s1. The first-order valence-electron chi connectivity index (χ1n) is 8.83. The molecule has 1 aliphatic heterocycles. The molecule has 0 amide bonds. The molecule has 1 spiro atoms. The second-order valence-electron chi connectivity index (χ2n) is 6.97. The molecule has 0 unspecified atom stereocenters. The van der Waals surface area contributed by atoms with E-state index in [1.54, 1.807) is 24.3 Å². The van der Waals surface area contributed by atoms with Gasteiger partial charge in [0.05, 0.1) is 19.6 Å². The molecule has 0 saturated carbocycles. The summed E-state index contributed by atoms with van der Waals surface area (Å²) >= 11 is 0. The number of fused-ring (bicyclic) bond motifs is 1. The fourth-order valence-corrected chi connectivity index (χ4v) is 3.87. The third-order valence-corrected chi connectivity index (χ3v) is 5.27. The molecule has 1 heterocycles. The highest BCUT2D eigenvalue weighted by Crippen LogP contribution is 2.45. The zero-order chi connectivity index (χ0) is 19.9. The van der Waals surface area contributed by atoms with Gasteiger partial charge in [-0.25, -0.2) is 0 Å². The molecule has 1 fully saturated rings. The summed E-state index contributed by atoms with van der Waals surface area (Å²) in [5, 5.41) is 21.8. The van der Waals surface area contributed by atoms with Gasteiger partial charge in [-0.2, -0.15) is 0 Å². The number of rotatable bonds is 4. The van der Waals surface area contributed by atoms with Gasteiger partial charge in [0.2, 0.25) is 22.8 Å². The van der Waals surface area contributed by atoms with Crippen molar-refractivity contribution in [3.63, 3.8) is 0 Å². The SMILES string of the molecule is O=C1C[C@@H](O)[C@]2(O1)C(=O)c1ccccc1C(=O)[C@]2(O)COCc1ccccc1. The highest BCUT2D eigenvalue weighted by molar-refractivity contribution is 6.23. The minimum absolute atomic E-state index is 0.000847. The smallest absolute Gasteiger partial charge is 0.309 e. The predicted octanol–water partition coefficient (Wildman–Crippen LogP) is 1.06. The molecule has 2 aliphatic rings. The molecule has 7 heteroatoms. The Bertz CT molecular complexity index is 954. The largest absolute Gasteiger partial charge is 0.444 e. The number of aliphatic hydroxyl groups excluding tert-OH is 1. The van der Waals surface area contributed by atoms with E-state index in [1.165, 1.54) is 12.1 Å². The minimum Gasteiger partial charge on any atom is -0.444 e. The molecule has 0 bridgehead atoms. The van der Waals surface area contributed by atoms with Gasteiger partial charge < -0.3 is 19.7 Å². The monoisotopic (exact) mass is 382 g/mol. The van der Waals surface area contributed by atoms with Crippen LogP contribution in [-0.2, 0) is 20.9 Å². The van der Waals surface area contributed by atoms with Gasteiger partial charge in [0.25, 0.3) is 0 Å². The molecule has 4 rings (SSSR count). The van der Waals surface area contributed by atoms with Crippen LogP contribution >= 0.6 is 0 Å². The van der Waals surface area contributed by atoms with Gasteiger partial charge in [-0.1, -0.05) is 54.6 Å². The van der Waals surface area contributed by atoms with Gasteiger partial charge in [-0.05, 0) is 5.56 Å². The van der Waals surface area contributed by atoms with Crippen molar-refractivity contribution in [1.29, 1.82) is 0 Å². The molecule has 2 N–H and O–H groups in total. The van der Waals surface area contributed by atoms with Crippen molar-refractivity contribution in [2.75, 3.05) is 6.61 Å². The lowest BCUT2D eigenvalue weighted by Crippen LogP contribution is -2.72. The first-order valence-corrected chi connectivity index (χ1v) is 8.83. The fourth-order valence-electron chi connectivity index (χ4n) is 3.87. The number of ketones is 2. The first kappa shape index (κ1) is 18.5. The van der Waals surface area contributed by atoms with Crippen molar-refractivity contribution in [1.82, 2.24) is 0 Å². The van der Waals surface area contributed by atoms with E-state index >= 15 is 0 Å². The fraction of sp³-hybridized carbons (Fsp3) is 0.286. The van der Waals surface area contributed by atoms with E-state index in [0.29, 0.717) is 0 Å². The van der Waals surface area contributed by atoms with Crippen molar-refractivity contribution >= 4 is 17.5 Å². The Morgan fingerprint density at radius 3 is 2.18 bits per heavy atom. The molecule has 2 aromatic rings. The van der Waals surface area contributed by atoms with Crippen molar-refractivity contribution in [2.45, 2.75) is 30.3 Å². The van der Waals surface area contributed by atoms with Crippen LogP contribution in [0.5, 0.6) is 0 Å². The van der Waals surface area contributed by atoms with E-state index in [1.807, 2.05) is 18.2 Å². The number of aliphatic hydroxyl groups is 2. The number of carbonyl (C=O) groups is 3. The maximum atomic E-state index is 13.2. The van der Waals surface area contributed by atoms with Gasteiger partial charge >= 0.3 is 5.97 Å². The van der Waals surface area contributed by atoms with Crippen LogP contribution in [0.4, 0.5) is 0 Å². The van der Waals surface area contributed by atoms with E-state index in [4.69, 9.17) is 9.47 Å². The third kappa shape index (κ3) is 2.51. The molecule has 0 aromatic heterocycles. The maximum Gasteiger partial charge on any atom is 0.309 e. The summed E-state index contributed by atoms with van der Waals surface area (Å²) in [4.78, 5) is 38.2. The first-order chi connectivity index (χ1) is 13.4. The molecular weight excluding hydrogens is 364 g/mol. The van der Waals surface area contributed by atoms with E-state index in [9.17, 15) is 24.6 Å². The van der Waals surface area contributed by atoms with Gasteiger partial charge in [0, 0.05) is 11.1 Å². The molecule has 144 valence electrons. The lowest BCUT2D eigenvalue weighted by atomic mass is 9.65. The summed E-state index contributed by atoms with van der Waals surface area (Å²) in [6.07, 6.45) is -2.17. The van der Waals surface area contributed by atoms with Crippen molar-refractivity contribution in [3.05, 3.63) is 71.3 Å². The number of hydrogen-bond donors (Lipinski definition) is 2. The van der Waals surface area contributed by atoms with Gasteiger partial charge in [0.15, 0.2) is 0 Å². The summed E-state index contributed by atoms with van der Waals surface area (Å²) in [6.45, 7) is -0.558.